The van der Waals surface area contributed by atoms with E-state index >= 15 is 0 Å². The van der Waals surface area contributed by atoms with Crippen molar-refractivity contribution in [3.05, 3.63) is 89.0 Å². The third kappa shape index (κ3) is 4.48. The van der Waals surface area contributed by atoms with Crippen molar-refractivity contribution in [2.75, 3.05) is 32.7 Å². The molecule has 1 aromatic heterocycles. The molecule has 5 nitrogen and oxygen atoms in total. The molecular formula is C25H32N4O. The highest BCUT2D eigenvalue weighted by Gasteiger charge is 2.29. The lowest BCUT2D eigenvalue weighted by atomic mass is 10.00. The molecule has 1 aliphatic heterocycles. The normalized spacial score (nSPS) is 17.7. The second kappa shape index (κ2) is 9.13. The molecule has 5 heteroatoms. The number of aromatic nitrogens is 2. The molecule has 0 radical (unpaired) electrons. The van der Waals surface area contributed by atoms with Crippen molar-refractivity contribution in [2.24, 2.45) is 7.05 Å². The van der Waals surface area contributed by atoms with Gasteiger partial charge in [-0.25, -0.2) is 4.98 Å². The smallest absolute Gasteiger partial charge is 0.130 e. The van der Waals surface area contributed by atoms with Crippen LogP contribution in [0.5, 0.6) is 0 Å². The van der Waals surface area contributed by atoms with Gasteiger partial charge in [0.2, 0.25) is 0 Å². The van der Waals surface area contributed by atoms with Crippen molar-refractivity contribution in [2.45, 2.75) is 26.0 Å². The summed E-state index contributed by atoms with van der Waals surface area (Å²) in [6, 6.07) is 17.1. The maximum absolute atomic E-state index is 10.8. The second-order valence-corrected chi connectivity index (χ2v) is 8.42. The van der Waals surface area contributed by atoms with Gasteiger partial charge in [-0.15, -0.1) is 0 Å². The van der Waals surface area contributed by atoms with Crippen LogP contribution in [0.1, 0.15) is 40.2 Å². The highest BCUT2D eigenvalue weighted by molar-refractivity contribution is 5.32. The lowest BCUT2D eigenvalue weighted by Crippen LogP contribution is -2.49. The molecule has 0 amide bonds. The predicted molar refractivity (Wildman–Crippen MR) is 120 cm³/mol. The van der Waals surface area contributed by atoms with Crippen molar-refractivity contribution in [3.63, 3.8) is 0 Å². The summed E-state index contributed by atoms with van der Waals surface area (Å²) in [5.74, 6) is 1.07. The molecule has 1 N–H and O–H groups in total. The Labute approximate surface area is 179 Å². The number of hydrogen-bond donors (Lipinski definition) is 1. The fourth-order valence-electron chi connectivity index (χ4n) is 4.55. The molecule has 0 saturated carbocycles. The van der Waals surface area contributed by atoms with Gasteiger partial charge in [-0.1, -0.05) is 54.1 Å². The lowest BCUT2D eigenvalue weighted by Gasteiger charge is -2.39. The molecular weight excluding hydrogens is 372 g/mol. The first kappa shape index (κ1) is 20.8. The number of rotatable bonds is 6. The third-order valence-electron chi connectivity index (χ3n) is 6.21. The number of hydrogen-bond acceptors (Lipinski definition) is 4. The van der Waals surface area contributed by atoms with Crippen LogP contribution in [0.3, 0.4) is 0 Å². The first-order valence-corrected chi connectivity index (χ1v) is 10.8. The summed E-state index contributed by atoms with van der Waals surface area (Å²) in [6.07, 6.45) is 3.44. The van der Waals surface area contributed by atoms with Crippen LogP contribution in [0.15, 0.2) is 60.9 Å². The molecule has 1 saturated heterocycles. The van der Waals surface area contributed by atoms with E-state index < -0.39 is 6.10 Å². The van der Waals surface area contributed by atoms with Crippen molar-refractivity contribution >= 4 is 0 Å². The Morgan fingerprint density at radius 1 is 1.00 bits per heavy atom. The SMILES string of the molecule is Cc1ccc(C(O)CN2CCN(C(c3ccccc3)c3nccn3C)CC2)c(C)c1. The van der Waals surface area contributed by atoms with Crippen LogP contribution in [0, 0.1) is 13.8 Å². The van der Waals surface area contributed by atoms with Gasteiger partial charge in [-0.2, -0.15) is 0 Å². The molecule has 2 atom stereocenters. The Bertz CT molecular complexity index is 960. The van der Waals surface area contributed by atoms with E-state index in [0.717, 1.165) is 37.6 Å². The number of aliphatic hydroxyl groups is 1. The van der Waals surface area contributed by atoms with E-state index in [0.29, 0.717) is 6.54 Å². The summed E-state index contributed by atoms with van der Waals surface area (Å²) in [4.78, 5) is 9.55. The topological polar surface area (TPSA) is 44.5 Å². The summed E-state index contributed by atoms with van der Waals surface area (Å²) in [7, 11) is 2.06. The summed E-state index contributed by atoms with van der Waals surface area (Å²) in [6.45, 7) is 8.63. The highest BCUT2D eigenvalue weighted by Crippen LogP contribution is 2.29. The van der Waals surface area contributed by atoms with E-state index in [1.54, 1.807) is 0 Å². The molecule has 0 bridgehead atoms. The zero-order chi connectivity index (χ0) is 21.1. The van der Waals surface area contributed by atoms with Crippen molar-refractivity contribution in [1.29, 1.82) is 0 Å². The van der Waals surface area contributed by atoms with Gasteiger partial charge in [0.25, 0.3) is 0 Å². The lowest BCUT2D eigenvalue weighted by molar-refractivity contribution is 0.0603. The molecule has 2 heterocycles. The molecule has 158 valence electrons. The summed E-state index contributed by atoms with van der Waals surface area (Å²) in [5.41, 5.74) is 4.71. The van der Waals surface area contributed by atoms with E-state index in [1.807, 2.05) is 12.4 Å². The highest BCUT2D eigenvalue weighted by atomic mass is 16.3. The second-order valence-electron chi connectivity index (χ2n) is 8.42. The van der Waals surface area contributed by atoms with Gasteiger partial charge in [-0.3, -0.25) is 9.80 Å². The predicted octanol–water partition coefficient (Wildman–Crippen LogP) is 3.48. The van der Waals surface area contributed by atoms with Crippen molar-refractivity contribution < 1.29 is 5.11 Å². The Morgan fingerprint density at radius 2 is 1.73 bits per heavy atom. The van der Waals surface area contributed by atoms with E-state index in [9.17, 15) is 5.11 Å². The largest absolute Gasteiger partial charge is 0.387 e. The van der Waals surface area contributed by atoms with Gasteiger partial charge in [0.05, 0.1) is 12.1 Å². The fraction of sp³-hybridized carbons (Fsp3) is 0.400. The zero-order valence-corrected chi connectivity index (χ0v) is 18.2. The van der Waals surface area contributed by atoms with Gasteiger partial charge in [-0.05, 0) is 30.5 Å². The minimum atomic E-state index is -0.448. The first-order chi connectivity index (χ1) is 14.5. The molecule has 0 aliphatic carbocycles. The molecule has 0 spiro atoms. The van der Waals surface area contributed by atoms with E-state index in [4.69, 9.17) is 0 Å². The summed E-state index contributed by atoms with van der Waals surface area (Å²) >= 11 is 0. The number of β-amino-alcohol motifs (C(OH)–C–C–N with tert-alkyl or cyclic N) is 1. The van der Waals surface area contributed by atoms with Crippen molar-refractivity contribution in [1.82, 2.24) is 19.4 Å². The Kier molecular flexibility index (Phi) is 6.32. The number of nitrogens with zero attached hydrogens (tertiary/aromatic N) is 4. The van der Waals surface area contributed by atoms with Gasteiger partial charge in [0.1, 0.15) is 5.82 Å². The van der Waals surface area contributed by atoms with E-state index in [-0.39, 0.29) is 6.04 Å². The average Bonchev–Trinajstić information content (AvgIpc) is 3.16. The third-order valence-corrected chi connectivity index (χ3v) is 6.21. The van der Waals surface area contributed by atoms with E-state index in [1.165, 1.54) is 16.7 Å². The van der Waals surface area contributed by atoms with Gasteiger partial charge in [0.15, 0.2) is 0 Å². The summed E-state index contributed by atoms with van der Waals surface area (Å²) in [5, 5.41) is 10.8. The number of piperazine rings is 1. The minimum absolute atomic E-state index is 0.151. The maximum atomic E-state index is 10.8. The zero-order valence-electron chi connectivity index (χ0n) is 18.2. The average molecular weight is 405 g/mol. The summed E-state index contributed by atoms with van der Waals surface area (Å²) < 4.78 is 2.12. The van der Waals surface area contributed by atoms with Crippen LogP contribution in [0.2, 0.25) is 0 Å². The fourth-order valence-corrected chi connectivity index (χ4v) is 4.55. The van der Waals surface area contributed by atoms with Crippen LogP contribution in [0.25, 0.3) is 0 Å². The number of aryl methyl sites for hydroxylation is 3. The Balaban J connectivity index is 1.44. The first-order valence-electron chi connectivity index (χ1n) is 10.8. The number of aliphatic hydroxyl groups excluding tert-OH is 1. The van der Waals surface area contributed by atoms with Gasteiger partial charge >= 0.3 is 0 Å². The van der Waals surface area contributed by atoms with Gasteiger partial charge < -0.3 is 9.67 Å². The standard InChI is InChI=1S/C25H32N4O/c1-19-9-10-22(20(2)17-19)23(30)18-28-13-15-29(16-14-28)24(21-7-5-4-6-8-21)25-26-11-12-27(25)3/h4-12,17,23-24,30H,13-16,18H2,1-3H3. The van der Waals surface area contributed by atoms with Crippen LogP contribution >= 0.6 is 0 Å². The number of imidazole rings is 1. The quantitative estimate of drug-likeness (QED) is 0.683. The van der Waals surface area contributed by atoms with Crippen molar-refractivity contribution in [3.8, 4) is 0 Å². The number of benzene rings is 2. The maximum Gasteiger partial charge on any atom is 0.130 e. The Hall–Kier alpha value is -2.47. The molecule has 2 aromatic carbocycles. The molecule has 3 aromatic rings. The minimum Gasteiger partial charge on any atom is -0.387 e. The molecule has 2 unspecified atom stereocenters. The molecule has 1 aliphatic rings. The van der Waals surface area contributed by atoms with Crippen LogP contribution in [0.4, 0.5) is 0 Å². The van der Waals surface area contributed by atoms with Gasteiger partial charge in [0, 0.05) is 52.2 Å². The van der Waals surface area contributed by atoms with Crippen LogP contribution < -0.4 is 0 Å². The molecule has 30 heavy (non-hydrogen) atoms. The van der Waals surface area contributed by atoms with E-state index in [2.05, 4.69) is 88.8 Å². The Morgan fingerprint density at radius 3 is 2.37 bits per heavy atom. The monoisotopic (exact) mass is 404 g/mol. The molecule has 4 rings (SSSR count). The van der Waals surface area contributed by atoms with Crippen LogP contribution in [-0.4, -0.2) is 57.2 Å². The van der Waals surface area contributed by atoms with Crippen LogP contribution in [-0.2, 0) is 7.05 Å². The molecule has 1 fully saturated rings.